The van der Waals surface area contributed by atoms with Gasteiger partial charge >= 0.3 is 0 Å². The lowest BCUT2D eigenvalue weighted by molar-refractivity contribution is -0.118. The van der Waals surface area contributed by atoms with Crippen LogP contribution in [0.25, 0.3) is 0 Å². The fraction of sp³-hybridized carbons (Fsp3) is 0.278. The summed E-state index contributed by atoms with van der Waals surface area (Å²) in [7, 11) is 0. The number of aryl methyl sites for hydroxylation is 3. The molecule has 0 saturated carbocycles. The van der Waals surface area contributed by atoms with Crippen LogP contribution in [-0.4, -0.2) is 12.5 Å². The molecule has 0 aromatic heterocycles. The predicted octanol–water partition coefficient (Wildman–Crippen LogP) is 4.70. The topological polar surface area (TPSA) is 38.3 Å². The number of ether oxygens (including phenoxy) is 1. The molecule has 0 atom stereocenters. The molecule has 3 nitrogen and oxygen atoms in total. The number of hydrogen-bond acceptors (Lipinski definition) is 2. The lowest BCUT2D eigenvalue weighted by Gasteiger charge is -2.12. The second-order valence-corrected chi connectivity index (χ2v) is 6.25. The van der Waals surface area contributed by atoms with Crippen molar-refractivity contribution in [2.75, 3.05) is 11.9 Å². The molecule has 0 spiro atoms. The van der Waals surface area contributed by atoms with Crippen molar-refractivity contribution >= 4 is 27.5 Å². The van der Waals surface area contributed by atoms with Crippen LogP contribution in [0.15, 0.2) is 34.8 Å². The summed E-state index contributed by atoms with van der Waals surface area (Å²) >= 11 is 3.52. The van der Waals surface area contributed by atoms with Crippen molar-refractivity contribution < 1.29 is 9.53 Å². The van der Waals surface area contributed by atoms with E-state index in [1.54, 1.807) is 0 Å². The molecule has 22 heavy (non-hydrogen) atoms. The normalized spacial score (nSPS) is 10.4. The van der Waals surface area contributed by atoms with Gasteiger partial charge in [-0.2, -0.15) is 0 Å². The Balaban J connectivity index is 2.00. The van der Waals surface area contributed by atoms with Gasteiger partial charge in [0.05, 0.1) is 0 Å². The molecule has 0 bridgehead atoms. The van der Waals surface area contributed by atoms with Gasteiger partial charge in [-0.3, -0.25) is 4.79 Å². The Kier molecular flexibility index (Phi) is 5.24. The molecule has 0 aliphatic rings. The molecule has 1 N–H and O–H groups in total. The van der Waals surface area contributed by atoms with Crippen molar-refractivity contribution in [2.24, 2.45) is 0 Å². The van der Waals surface area contributed by atoms with Gasteiger partial charge in [0.2, 0.25) is 0 Å². The molecule has 2 aromatic rings. The van der Waals surface area contributed by atoms with E-state index in [0.717, 1.165) is 32.4 Å². The molecule has 2 aromatic carbocycles. The molecule has 116 valence electrons. The molecule has 0 aliphatic heterocycles. The molecule has 0 saturated heterocycles. The zero-order chi connectivity index (χ0) is 16.3. The van der Waals surface area contributed by atoms with E-state index >= 15 is 0 Å². The number of anilines is 1. The van der Waals surface area contributed by atoms with Gasteiger partial charge in [-0.1, -0.05) is 28.1 Å². The highest BCUT2D eigenvalue weighted by atomic mass is 79.9. The first kappa shape index (κ1) is 16.6. The van der Waals surface area contributed by atoms with Gasteiger partial charge in [0.25, 0.3) is 5.91 Å². The van der Waals surface area contributed by atoms with Crippen LogP contribution in [0.3, 0.4) is 0 Å². The highest BCUT2D eigenvalue weighted by Crippen LogP contribution is 2.26. The van der Waals surface area contributed by atoms with Crippen molar-refractivity contribution in [3.05, 3.63) is 57.1 Å². The van der Waals surface area contributed by atoms with Crippen LogP contribution in [0.5, 0.6) is 5.75 Å². The highest BCUT2D eigenvalue weighted by Gasteiger charge is 2.08. The number of halogens is 1. The Bertz CT molecular complexity index is 687. The molecule has 4 heteroatoms. The number of nitrogens with one attached hydrogen (secondary N) is 1. The van der Waals surface area contributed by atoms with E-state index in [4.69, 9.17) is 4.74 Å². The summed E-state index contributed by atoms with van der Waals surface area (Å²) in [6.07, 6.45) is 0. The summed E-state index contributed by atoms with van der Waals surface area (Å²) in [6, 6.07) is 9.69. The van der Waals surface area contributed by atoms with Crippen LogP contribution < -0.4 is 10.1 Å². The number of carbonyl (C=O) groups is 1. The molecule has 0 radical (unpaired) electrons. The van der Waals surface area contributed by atoms with E-state index in [0.29, 0.717) is 5.75 Å². The number of hydrogen-bond donors (Lipinski definition) is 1. The minimum Gasteiger partial charge on any atom is -0.484 e. The van der Waals surface area contributed by atoms with Crippen molar-refractivity contribution in [2.45, 2.75) is 27.7 Å². The van der Waals surface area contributed by atoms with Crippen LogP contribution in [0.4, 0.5) is 5.69 Å². The van der Waals surface area contributed by atoms with Crippen LogP contribution in [0, 0.1) is 27.7 Å². The Morgan fingerprint density at radius 1 is 1.09 bits per heavy atom. The number of rotatable bonds is 4. The SMILES string of the molecule is Cc1cccc(NC(=O)COc2cc(C)c(Br)c(C)c2)c1C. The molecule has 0 aliphatic carbocycles. The average molecular weight is 362 g/mol. The first-order chi connectivity index (χ1) is 10.4. The second kappa shape index (κ2) is 6.97. The smallest absolute Gasteiger partial charge is 0.262 e. The van der Waals surface area contributed by atoms with Gasteiger partial charge in [0, 0.05) is 10.2 Å². The van der Waals surface area contributed by atoms with Gasteiger partial charge < -0.3 is 10.1 Å². The quantitative estimate of drug-likeness (QED) is 0.856. The van der Waals surface area contributed by atoms with Gasteiger partial charge in [-0.05, 0) is 68.1 Å². The van der Waals surface area contributed by atoms with Crippen LogP contribution in [0.2, 0.25) is 0 Å². The lowest BCUT2D eigenvalue weighted by atomic mass is 10.1. The fourth-order valence-corrected chi connectivity index (χ4v) is 2.44. The predicted molar refractivity (Wildman–Crippen MR) is 93.7 cm³/mol. The van der Waals surface area contributed by atoms with Gasteiger partial charge in [0.1, 0.15) is 5.75 Å². The number of carbonyl (C=O) groups excluding carboxylic acids is 1. The molecule has 1 amide bonds. The summed E-state index contributed by atoms with van der Waals surface area (Å²) in [4.78, 5) is 12.0. The zero-order valence-corrected chi connectivity index (χ0v) is 14.9. The summed E-state index contributed by atoms with van der Waals surface area (Å²) in [5.41, 5.74) is 5.23. The number of benzene rings is 2. The molecule has 0 fully saturated rings. The van der Waals surface area contributed by atoms with E-state index in [2.05, 4.69) is 21.2 Å². The monoisotopic (exact) mass is 361 g/mol. The maximum atomic E-state index is 12.0. The first-order valence-electron chi connectivity index (χ1n) is 7.14. The second-order valence-electron chi connectivity index (χ2n) is 5.46. The van der Waals surface area contributed by atoms with Gasteiger partial charge in [0.15, 0.2) is 6.61 Å². The van der Waals surface area contributed by atoms with Crippen molar-refractivity contribution in [1.29, 1.82) is 0 Å². The highest BCUT2D eigenvalue weighted by molar-refractivity contribution is 9.10. The Labute approximate surface area is 139 Å². The molecule has 0 unspecified atom stereocenters. The van der Waals surface area contributed by atoms with Crippen LogP contribution in [0.1, 0.15) is 22.3 Å². The summed E-state index contributed by atoms with van der Waals surface area (Å²) < 4.78 is 6.66. The third-order valence-electron chi connectivity index (χ3n) is 3.66. The zero-order valence-electron chi connectivity index (χ0n) is 13.3. The summed E-state index contributed by atoms with van der Waals surface area (Å²) in [6.45, 7) is 8.01. The summed E-state index contributed by atoms with van der Waals surface area (Å²) in [5.74, 6) is 0.543. The maximum Gasteiger partial charge on any atom is 0.262 e. The third kappa shape index (κ3) is 3.89. The molecular weight excluding hydrogens is 342 g/mol. The van der Waals surface area contributed by atoms with Crippen LogP contribution in [-0.2, 0) is 4.79 Å². The minimum absolute atomic E-state index is 0.00606. The van der Waals surface area contributed by atoms with Crippen LogP contribution >= 0.6 is 15.9 Å². The minimum atomic E-state index is -0.160. The standard InChI is InChI=1S/C18H20BrNO2/c1-11-6-5-7-16(14(11)4)20-17(21)10-22-15-8-12(2)18(19)13(3)9-15/h5-9H,10H2,1-4H3,(H,20,21). The van der Waals surface area contributed by atoms with E-state index in [9.17, 15) is 4.79 Å². The van der Waals surface area contributed by atoms with E-state index in [-0.39, 0.29) is 12.5 Å². The first-order valence-corrected chi connectivity index (χ1v) is 7.93. The molecular formula is C18H20BrNO2. The Morgan fingerprint density at radius 2 is 1.73 bits per heavy atom. The molecule has 0 heterocycles. The van der Waals surface area contributed by atoms with E-state index in [1.165, 1.54) is 0 Å². The van der Waals surface area contributed by atoms with Gasteiger partial charge in [-0.15, -0.1) is 0 Å². The van der Waals surface area contributed by atoms with E-state index in [1.807, 2.05) is 58.0 Å². The Morgan fingerprint density at radius 3 is 2.36 bits per heavy atom. The average Bonchev–Trinajstić information content (AvgIpc) is 2.47. The van der Waals surface area contributed by atoms with Gasteiger partial charge in [-0.25, -0.2) is 0 Å². The maximum absolute atomic E-state index is 12.0. The fourth-order valence-electron chi connectivity index (χ4n) is 2.21. The third-order valence-corrected chi connectivity index (χ3v) is 4.91. The molecule has 2 rings (SSSR count). The largest absolute Gasteiger partial charge is 0.484 e. The Hall–Kier alpha value is -1.81. The lowest BCUT2D eigenvalue weighted by Crippen LogP contribution is -2.20. The summed E-state index contributed by atoms with van der Waals surface area (Å²) in [5, 5.41) is 2.89. The van der Waals surface area contributed by atoms with Crippen molar-refractivity contribution in [3.63, 3.8) is 0 Å². The van der Waals surface area contributed by atoms with E-state index < -0.39 is 0 Å². The van der Waals surface area contributed by atoms with Crippen molar-refractivity contribution in [1.82, 2.24) is 0 Å². The number of amides is 1. The van der Waals surface area contributed by atoms with Crippen molar-refractivity contribution in [3.8, 4) is 5.75 Å².